The maximum atomic E-state index is 10.8. The number of aromatic nitrogens is 3. The molecule has 3 rings (SSSR count). The number of rotatable bonds is 4. The molecule has 0 bridgehead atoms. The Morgan fingerprint density at radius 2 is 2.24 bits per heavy atom. The minimum absolute atomic E-state index is 0.0332. The molecule has 0 spiro atoms. The van der Waals surface area contributed by atoms with Gasteiger partial charge < -0.3 is 5.11 Å². The Kier molecular flexibility index (Phi) is 3.92. The van der Waals surface area contributed by atoms with Crippen LogP contribution in [0.3, 0.4) is 0 Å². The second-order valence-electron chi connectivity index (χ2n) is 4.95. The number of carbonyl (C=O) groups is 1. The van der Waals surface area contributed by atoms with Crippen molar-refractivity contribution >= 4 is 40.5 Å². The molecule has 0 aromatic carbocycles. The van der Waals surface area contributed by atoms with Crippen LogP contribution in [0.4, 0.5) is 0 Å². The summed E-state index contributed by atoms with van der Waals surface area (Å²) in [5.74, 6) is -1.06. The van der Waals surface area contributed by atoms with Gasteiger partial charge in [-0.05, 0) is 13.0 Å². The first kappa shape index (κ1) is 14.8. The third-order valence-electron chi connectivity index (χ3n) is 3.67. The number of carboxylic acids is 1. The van der Waals surface area contributed by atoms with E-state index in [9.17, 15) is 4.79 Å². The molecule has 0 saturated carbocycles. The molecule has 112 valence electrons. The second-order valence-corrected chi connectivity index (χ2v) is 7.24. The first-order chi connectivity index (χ1) is 9.95. The summed E-state index contributed by atoms with van der Waals surface area (Å²) in [6.07, 6.45) is 1.46. The van der Waals surface area contributed by atoms with Crippen LogP contribution in [0, 0.1) is 0 Å². The van der Waals surface area contributed by atoms with Crippen molar-refractivity contribution in [2.24, 2.45) is 0 Å². The number of thiophene rings is 1. The molecule has 3 heterocycles. The SMILES string of the molecule is CC(c1cc(Cl)sc1Cl)N1CC(n2cc(C(=O)O)nn2)C1. The van der Waals surface area contributed by atoms with E-state index in [-0.39, 0.29) is 17.8 Å². The van der Waals surface area contributed by atoms with Crippen LogP contribution in [-0.2, 0) is 0 Å². The number of hydrogen-bond acceptors (Lipinski definition) is 5. The lowest BCUT2D eigenvalue weighted by Crippen LogP contribution is -2.48. The molecule has 9 heteroatoms. The minimum atomic E-state index is -1.06. The fraction of sp³-hybridized carbons (Fsp3) is 0.417. The van der Waals surface area contributed by atoms with E-state index >= 15 is 0 Å². The molecule has 0 radical (unpaired) electrons. The zero-order valence-corrected chi connectivity index (χ0v) is 13.4. The highest BCUT2D eigenvalue weighted by Crippen LogP contribution is 2.39. The van der Waals surface area contributed by atoms with Crippen LogP contribution in [-0.4, -0.2) is 44.1 Å². The van der Waals surface area contributed by atoms with E-state index in [1.807, 2.05) is 6.07 Å². The zero-order chi connectivity index (χ0) is 15.1. The van der Waals surface area contributed by atoms with Crippen molar-refractivity contribution in [3.05, 3.63) is 32.2 Å². The molecule has 6 nitrogen and oxygen atoms in total. The van der Waals surface area contributed by atoms with Gasteiger partial charge in [0.2, 0.25) is 0 Å². The van der Waals surface area contributed by atoms with Gasteiger partial charge in [0.25, 0.3) is 0 Å². The van der Waals surface area contributed by atoms with Crippen molar-refractivity contribution in [2.45, 2.75) is 19.0 Å². The van der Waals surface area contributed by atoms with E-state index in [1.54, 1.807) is 4.68 Å². The van der Waals surface area contributed by atoms with E-state index in [0.29, 0.717) is 8.67 Å². The molecule has 0 amide bonds. The maximum Gasteiger partial charge on any atom is 0.358 e. The van der Waals surface area contributed by atoms with Crippen LogP contribution in [0.15, 0.2) is 12.3 Å². The van der Waals surface area contributed by atoms with Gasteiger partial charge in [-0.15, -0.1) is 16.4 Å². The van der Waals surface area contributed by atoms with Gasteiger partial charge >= 0.3 is 5.97 Å². The van der Waals surface area contributed by atoms with Crippen LogP contribution >= 0.6 is 34.5 Å². The largest absolute Gasteiger partial charge is 0.476 e. The Hall–Kier alpha value is -1.15. The summed E-state index contributed by atoms with van der Waals surface area (Å²) in [5.41, 5.74) is 0.990. The van der Waals surface area contributed by atoms with Gasteiger partial charge in [0.15, 0.2) is 5.69 Å². The standard InChI is InChI=1S/C12H12Cl2N4O2S/c1-6(8-2-10(13)21-11(8)14)17-3-7(4-17)18-5-9(12(19)20)15-16-18/h2,5-7H,3-4H2,1H3,(H,19,20). The van der Waals surface area contributed by atoms with Crippen LogP contribution < -0.4 is 0 Å². The van der Waals surface area contributed by atoms with Crippen molar-refractivity contribution in [3.63, 3.8) is 0 Å². The third-order valence-corrected chi connectivity index (χ3v) is 5.19. The summed E-state index contributed by atoms with van der Waals surface area (Å²) in [6.45, 7) is 3.62. The lowest BCUT2D eigenvalue weighted by molar-refractivity contribution is 0.0587. The Balaban J connectivity index is 1.64. The second kappa shape index (κ2) is 5.57. The Bertz CT molecular complexity index is 681. The third kappa shape index (κ3) is 2.78. The highest BCUT2D eigenvalue weighted by atomic mass is 35.5. The van der Waals surface area contributed by atoms with E-state index in [0.717, 1.165) is 18.7 Å². The summed E-state index contributed by atoms with van der Waals surface area (Å²) >= 11 is 13.5. The van der Waals surface area contributed by atoms with Crippen LogP contribution in [0.2, 0.25) is 8.67 Å². The molecule has 1 unspecified atom stereocenters. The highest BCUT2D eigenvalue weighted by Gasteiger charge is 2.34. The van der Waals surface area contributed by atoms with Crippen molar-refractivity contribution in [1.29, 1.82) is 0 Å². The number of likely N-dealkylation sites (tertiary alicyclic amines) is 1. The van der Waals surface area contributed by atoms with E-state index < -0.39 is 5.97 Å². The molecule has 1 aliphatic heterocycles. The first-order valence-electron chi connectivity index (χ1n) is 6.29. The van der Waals surface area contributed by atoms with Crippen molar-refractivity contribution in [2.75, 3.05) is 13.1 Å². The molecule has 1 N–H and O–H groups in total. The Labute approximate surface area is 134 Å². The molecule has 2 aromatic rings. The lowest BCUT2D eigenvalue weighted by Gasteiger charge is -2.42. The molecule has 1 atom stereocenters. The topological polar surface area (TPSA) is 71.2 Å². The number of nitrogens with zero attached hydrogens (tertiary/aromatic N) is 4. The number of halogens is 2. The highest BCUT2D eigenvalue weighted by molar-refractivity contribution is 7.20. The minimum Gasteiger partial charge on any atom is -0.476 e. The fourth-order valence-electron chi connectivity index (χ4n) is 2.36. The lowest BCUT2D eigenvalue weighted by atomic mass is 10.0. The van der Waals surface area contributed by atoms with E-state index in [4.69, 9.17) is 28.3 Å². The molecular weight excluding hydrogens is 335 g/mol. The number of hydrogen-bond donors (Lipinski definition) is 1. The predicted octanol–water partition coefficient (Wildman–Crippen LogP) is 2.96. The van der Waals surface area contributed by atoms with E-state index in [1.165, 1.54) is 17.5 Å². The van der Waals surface area contributed by atoms with Gasteiger partial charge in [-0.1, -0.05) is 28.4 Å². The summed E-state index contributed by atoms with van der Waals surface area (Å²) in [7, 11) is 0. The molecule has 1 saturated heterocycles. The predicted molar refractivity (Wildman–Crippen MR) is 80.3 cm³/mol. The molecule has 0 aliphatic carbocycles. The fourth-order valence-corrected chi connectivity index (χ4v) is 3.99. The molecule has 21 heavy (non-hydrogen) atoms. The van der Waals surface area contributed by atoms with Crippen LogP contribution in [0.1, 0.15) is 35.1 Å². The monoisotopic (exact) mass is 346 g/mol. The Morgan fingerprint density at radius 3 is 2.76 bits per heavy atom. The number of carboxylic acid groups (broad SMARTS) is 1. The van der Waals surface area contributed by atoms with Gasteiger partial charge in [0.05, 0.1) is 20.9 Å². The summed E-state index contributed by atoms with van der Waals surface area (Å²) in [4.78, 5) is 13.0. The van der Waals surface area contributed by atoms with E-state index in [2.05, 4.69) is 22.1 Å². The maximum absolute atomic E-state index is 10.8. The smallest absolute Gasteiger partial charge is 0.358 e. The Morgan fingerprint density at radius 1 is 1.52 bits per heavy atom. The molecule has 1 fully saturated rings. The first-order valence-corrected chi connectivity index (χ1v) is 7.87. The van der Waals surface area contributed by atoms with Gasteiger partial charge in [-0.3, -0.25) is 4.90 Å². The van der Waals surface area contributed by atoms with Crippen molar-refractivity contribution < 1.29 is 9.90 Å². The number of aromatic carboxylic acids is 1. The zero-order valence-electron chi connectivity index (χ0n) is 11.0. The molecule has 2 aromatic heterocycles. The summed E-state index contributed by atoms with van der Waals surface area (Å²) < 4.78 is 3.00. The average Bonchev–Trinajstić information content (AvgIpc) is 2.94. The molecular formula is C12H12Cl2N4O2S. The quantitative estimate of drug-likeness (QED) is 0.921. The van der Waals surface area contributed by atoms with Gasteiger partial charge in [0, 0.05) is 24.7 Å². The van der Waals surface area contributed by atoms with Crippen molar-refractivity contribution in [1.82, 2.24) is 19.9 Å². The summed E-state index contributed by atoms with van der Waals surface area (Å²) in [5, 5.41) is 16.3. The van der Waals surface area contributed by atoms with Crippen molar-refractivity contribution in [3.8, 4) is 0 Å². The molecule has 1 aliphatic rings. The normalized spacial score (nSPS) is 17.7. The van der Waals surface area contributed by atoms with Gasteiger partial charge in [-0.2, -0.15) is 0 Å². The summed E-state index contributed by atoms with van der Waals surface area (Å²) in [6, 6.07) is 2.20. The van der Waals surface area contributed by atoms with Gasteiger partial charge in [0.1, 0.15) is 0 Å². The van der Waals surface area contributed by atoms with Crippen LogP contribution in [0.5, 0.6) is 0 Å². The average molecular weight is 347 g/mol. The van der Waals surface area contributed by atoms with Crippen LogP contribution in [0.25, 0.3) is 0 Å². The van der Waals surface area contributed by atoms with Gasteiger partial charge in [-0.25, -0.2) is 9.48 Å².